The van der Waals surface area contributed by atoms with Gasteiger partial charge >= 0.3 is 6.18 Å². The first kappa shape index (κ1) is 12.4. The Labute approximate surface area is 89.5 Å². The first-order valence-electron chi connectivity index (χ1n) is 4.44. The Morgan fingerprint density at radius 2 is 2.27 bits per heavy atom. The summed E-state index contributed by atoms with van der Waals surface area (Å²) in [6.07, 6.45) is -2.83. The highest BCUT2D eigenvalue weighted by Gasteiger charge is 2.26. The van der Waals surface area contributed by atoms with E-state index in [4.69, 9.17) is 5.84 Å². The van der Waals surface area contributed by atoms with Gasteiger partial charge in [-0.05, 0) is 12.8 Å². The molecule has 0 aliphatic carbocycles. The molecule has 0 amide bonds. The van der Waals surface area contributed by atoms with Gasteiger partial charge in [0.15, 0.2) is 0 Å². The maximum absolute atomic E-state index is 11.9. The van der Waals surface area contributed by atoms with Crippen LogP contribution >= 0.6 is 11.3 Å². The van der Waals surface area contributed by atoms with Crippen molar-refractivity contribution < 1.29 is 13.2 Å². The summed E-state index contributed by atoms with van der Waals surface area (Å²) in [5.41, 5.74) is 4.12. The van der Waals surface area contributed by atoms with Gasteiger partial charge in [-0.1, -0.05) is 0 Å². The molecule has 1 aromatic rings. The third kappa shape index (κ3) is 4.59. The summed E-state index contributed by atoms with van der Waals surface area (Å²) >= 11 is 1.38. The second kappa shape index (κ2) is 5.43. The normalized spacial score (nSPS) is 14.1. The number of aromatic nitrogens is 1. The van der Waals surface area contributed by atoms with Crippen molar-refractivity contribution in [3.63, 3.8) is 0 Å². The van der Waals surface area contributed by atoms with Crippen molar-refractivity contribution in [1.82, 2.24) is 10.4 Å². The Hall–Kier alpha value is -0.660. The molecule has 0 spiro atoms. The highest BCUT2D eigenvalue weighted by Crippen LogP contribution is 2.27. The van der Waals surface area contributed by atoms with E-state index in [2.05, 4.69) is 10.4 Å². The molecule has 0 aliphatic rings. The topological polar surface area (TPSA) is 50.9 Å². The number of thiazole rings is 1. The SMILES string of the molecule is NNC(CCCC(F)(F)F)c1cncs1. The molecular weight excluding hydrogens is 227 g/mol. The molecule has 1 heterocycles. The molecule has 0 bridgehead atoms. The molecule has 1 rings (SSSR count). The van der Waals surface area contributed by atoms with E-state index in [9.17, 15) is 13.2 Å². The molecule has 0 aromatic carbocycles. The lowest BCUT2D eigenvalue weighted by molar-refractivity contribution is -0.135. The number of rotatable bonds is 5. The number of alkyl halides is 3. The number of halogens is 3. The van der Waals surface area contributed by atoms with E-state index in [-0.39, 0.29) is 12.5 Å². The Balaban J connectivity index is 2.36. The van der Waals surface area contributed by atoms with Crippen LogP contribution in [0.5, 0.6) is 0 Å². The van der Waals surface area contributed by atoms with E-state index >= 15 is 0 Å². The fourth-order valence-corrected chi connectivity index (χ4v) is 1.93. The van der Waals surface area contributed by atoms with Crippen LogP contribution in [-0.2, 0) is 0 Å². The number of nitrogens with one attached hydrogen (secondary N) is 1. The smallest absolute Gasteiger partial charge is 0.271 e. The highest BCUT2D eigenvalue weighted by atomic mass is 32.1. The summed E-state index contributed by atoms with van der Waals surface area (Å²) in [6.45, 7) is 0. The minimum Gasteiger partial charge on any atom is -0.271 e. The van der Waals surface area contributed by atoms with Gasteiger partial charge in [0.25, 0.3) is 0 Å². The fraction of sp³-hybridized carbons (Fsp3) is 0.625. The lowest BCUT2D eigenvalue weighted by Gasteiger charge is -2.14. The van der Waals surface area contributed by atoms with Crippen LogP contribution in [0.1, 0.15) is 30.2 Å². The van der Waals surface area contributed by atoms with Crippen LogP contribution in [0.2, 0.25) is 0 Å². The monoisotopic (exact) mass is 239 g/mol. The Morgan fingerprint density at radius 1 is 1.53 bits per heavy atom. The summed E-state index contributed by atoms with van der Waals surface area (Å²) in [7, 11) is 0. The van der Waals surface area contributed by atoms with E-state index in [1.54, 1.807) is 11.7 Å². The van der Waals surface area contributed by atoms with Crippen LogP contribution in [0.25, 0.3) is 0 Å². The van der Waals surface area contributed by atoms with Crippen molar-refractivity contribution in [2.45, 2.75) is 31.5 Å². The van der Waals surface area contributed by atoms with Gasteiger partial charge in [-0.15, -0.1) is 11.3 Å². The summed E-state index contributed by atoms with van der Waals surface area (Å²) in [5, 5.41) is 0. The Bertz CT molecular complexity index is 273. The summed E-state index contributed by atoms with van der Waals surface area (Å²) in [4.78, 5) is 4.71. The van der Waals surface area contributed by atoms with Crippen molar-refractivity contribution in [3.8, 4) is 0 Å². The zero-order valence-corrected chi connectivity index (χ0v) is 8.74. The standard InChI is InChI=1S/C8H12F3N3S/c9-8(10,11)3-1-2-6(14-12)7-4-13-5-15-7/h4-6,14H,1-3,12H2. The van der Waals surface area contributed by atoms with E-state index in [0.717, 1.165) is 4.88 Å². The highest BCUT2D eigenvalue weighted by molar-refractivity contribution is 7.09. The molecule has 0 aliphatic heterocycles. The minimum absolute atomic E-state index is 0.0657. The number of nitrogens with two attached hydrogens (primary N) is 1. The first-order chi connectivity index (χ1) is 7.03. The van der Waals surface area contributed by atoms with Crippen LogP contribution < -0.4 is 11.3 Å². The van der Waals surface area contributed by atoms with E-state index in [1.807, 2.05) is 0 Å². The van der Waals surface area contributed by atoms with Crippen molar-refractivity contribution >= 4 is 11.3 Å². The molecule has 1 aromatic heterocycles. The number of nitrogens with zero attached hydrogens (tertiary/aromatic N) is 1. The average Bonchev–Trinajstić information content (AvgIpc) is 2.63. The average molecular weight is 239 g/mol. The number of hydrazine groups is 1. The second-order valence-corrected chi connectivity index (χ2v) is 4.05. The molecule has 0 fully saturated rings. The van der Waals surface area contributed by atoms with E-state index in [1.165, 1.54) is 11.3 Å². The summed E-state index contributed by atoms with van der Waals surface area (Å²) in [5.74, 6) is 5.26. The summed E-state index contributed by atoms with van der Waals surface area (Å²) in [6, 6.07) is -0.236. The molecule has 0 saturated heterocycles. The molecule has 1 atom stereocenters. The largest absolute Gasteiger partial charge is 0.389 e. The van der Waals surface area contributed by atoms with Crippen LogP contribution in [-0.4, -0.2) is 11.2 Å². The van der Waals surface area contributed by atoms with Crippen LogP contribution in [0.4, 0.5) is 13.2 Å². The molecule has 0 saturated carbocycles. The fourth-order valence-electron chi connectivity index (χ4n) is 1.21. The van der Waals surface area contributed by atoms with Crippen molar-refractivity contribution in [1.29, 1.82) is 0 Å². The van der Waals surface area contributed by atoms with Crippen molar-refractivity contribution in [2.24, 2.45) is 5.84 Å². The lowest BCUT2D eigenvalue weighted by Crippen LogP contribution is -2.27. The van der Waals surface area contributed by atoms with Gasteiger partial charge in [0.05, 0.1) is 11.6 Å². The van der Waals surface area contributed by atoms with Gasteiger partial charge < -0.3 is 0 Å². The zero-order chi connectivity index (χ0) is 11.3. The van der Waals surface area contributed by atoms with Gasteiger partial charge in [0.1, 0.15) is 0 Å². The lowest BCUT2D eigenvalue weighted by atomic mass is 10.1. The molecule has 86 valence electrons. The molecule has 7 heteroatoms. The molecule has 15 heavy (non-hydrogen) atoms. The maximum atomic E-state index is 11.9. The quantitative estimate of drug-likeness (QED) is 0.612. The van der Waals surface area contributed by atoms with Crippen LogP contribution in [0.3, 0.4) is 0 Å². The Morgan fingerprint density at radius 3 is 2.73 bits per heavy atom. The third-order valence-electron chi connectivity index (χ3n) is 1.95. The van der Waals surface area contributed by atoms with Crippen molar-refractivity contribution in [3.05, 3.63) is 16.6 Å². The minimum atomic E-state index is -4.09. The van der Waals surface area contributed by atoms with Crippen LogP contribution in [0.15, 0.2) is 11.7 Å². The first-order valence-corrected chi connectivity index (χ1v) is 5.32. The van der Waals surface area contributed by atoms with Gasteiger partial charge in [0, 0.05) is 17.5 Å². The molecule has 3 nitrogen and oxygen atoms in total. The second-order valence-electron chi connectivity index (χ2n) is 3.13. The molecule has 0 radical (unpaired) electrons. The van der Waals surface area contributed by atoms with E-state index < -0.39 is 12.6 Å². The molecule has 1 unspecified atom stereocenters. The predicted molar refractivity (Wildman–Crippen MR) is 52.1 cm³/mol. The summed E-state index contributed by atoms with van der Waals surface area (Å²) < 4.78 is 35.7. The number of hydrogen-bond acceptors (Lipinski definition) is 4. The number of hydrogen-bond donors (Lipinski definition) is 2. The predicted octanol–water partition coefficient (Wildman–Crippen LogP) is 2.38. The zero-order valence-electron chi connectivity index (χ0n) is 7.92. The van der Waals surface area contributed by atoms with Crippen LogP contribution in [0, 0.1) is 0 Å². The maximum Gasteiger partial charge on any atom is 0.389 e. The van der Waals surface area contributed by atoms with Gasteiger partial charge in [0.2, 0.25) is 0 Å². The molecule has 3 N–H and O–H groups in total. The third-order valence-corrected chi connectivity index (χ3v) is 2.84. The molecular formula is C8H12F3N3S. The van der Waals surface area contributed by atoms with Gasteiger partial charge in [-0.2, -0.15) is 13.2 Å². The van der Waals surface area contributed by atoms with E-state index in [0.29, 0.717) is 6.42 Å². The van der Waals surface area contributed by atoms with Crippen molar-refractivity contribution in [2.75, 3.05) is 0 Å². The van der Waals surface area contributed by atoms with Gasteiger partial charge in [-0.25, -0.2) is 0 Å². The Kier molecular flexibility index (Phi) is 4.49. The van der Waals surface area contributed by atoms with Gasteiger partial charge in [-0.3, -0.25) is 16.3 Å².